The third kappa shape index (κ3) is 1.85. The Balaban J connectivity index is 2.47. The first-order valence-corrected chi connectivity index (χ1v) is 5.26. The maximum atomic E-state index is 13.5. The Morgan fingerprint density at radius 1 is 1.40 bits per heavy atom. The van der Waals surface area contributed by atoms with Crippen LogP contribution in [0, 0.1) is 5.82 Å². The molecule has 0 fully saturated rings. The Kier molecular flexibility index (Phi) is 2.93. The SMILES string of the molecule is NCCCc1c[nH]c2c(F)c(Cl)ccc12. The van der Waals surface area contributed by atoms with E-state index in [-0.39, 0.29) is 10.8 Å². The van der Waals surface area contributed by atoms with Gasteiger partial charge >= 0.3 is 0 Å². The van der Waals surface area contributed by atoms with Gasteiger partial charge in [-0.1, -0.05) is 17.7 Å². The molecule has 80 valence electrons. The first-order chi connectivity index (χ1) is 7.24. The molecule has 0 aliphatic heterocycles. The van der Waals surface area contributed by atoms with Gasteiger partial charge < -0.3 is 10.7 Å². The molecule has 1 aromatic heterocycles. The first kappa shape index (κ1) is 10.5. The molecule has 0 saturated carbocycles. The molecule has 0 saturated heterocycles. The molecular weight excluding hydrogens is 215 g/mol. The second kappa shape index (κ2) is 4.21. The molecule has 3 N–H and O–H groups in total. The molecule has 2 aromatic rings. The average molecular weight is 227 g/mol. The number of rotatable bonds is 3. The minimum Gasteiger partial charge on any atom is -0.358 e. The van der Waals surface area contributed by atoms with Crippen LogP contribution in [0.15, 0.2) is 18.3 Å². The van der Waals surface area contributed by atoms with E-state index in [4.69, 9.17) is 17.3 Å². The van der Waals surface area contributed by atoms with Gasteiger partial charge in [0.25, 0.3) is 0 Å². The molecule has 0 aliphatic rings. The second-order valence-corrected chi connectivity index (χ2v) is 3.90. The quantitative estimate of drug-likeness (QED) is 0.830. The van der Waals surface area contributed by atoms with Crippen molar-refractivity contribution in [2.24, 2.45) is 5.73 Å². The Hall–Kier alpha value is -1.06. The summed E-state index contributed by atoms with van der Waals surface area (Å²) in [6, 6.07) is 3.42. The van der Waals surface area contributed by atoms with Crippen molar-refractivity contribution in [3.8, 4) is 0 Å². The summed E-state index contributed by atoms with van der Waals surface area (Å²) >= 11 is 5.69. The lowest BCUT2D eigenvalue weighted by Crippen LogP contribution is -1.99. The van der Waals surface area contributed by atoms with Crippen molar-refractivity contribution < 1.29 is 4.39 Å². The maximum absolute atomic E-state index is 13.5. The van der Waals surface area contributed by atoms with Crippen LogP contribution in [0.5, 0.6) is 0 Å². The number of hydrogen-bond acceptors (Lipinski definition) is 1. The molecule has 1 aromatic carbocycles. The van der Waals surface area contributed by atoms with Gasteiger partial charge in [0.1, 0.15) is 0 Å². The zero-order valence-electron chi connectivity index (χ0n) is 8.19. The molecule has 0 spiro atoms. The van der Waals surface area contributed by atoms with E-state index >= 15 is 0 Å². The molecule has 0 bridgehead atoms. The van der Waals surface area contributed by atoms with Crippen LogP contribution in [-0.4, -0.2) is 11.5 Å². The van der Waals surface area contributed by atoms with E-state index in [1.54, 1.807) is 6.07 Å². The van der Waals surface area contributed by atoms with Gasteiger partial charge in [-0.05, 0) is 31.0 Å². The molecule has 15 heavy (non-hydrogen) atoms. The van der Waals surface area contributed by atoms with Crippen LogP contribution >= 0.6 is 11.6 Å². The summed E-state index contributed by atoms with van der Waals surface area (Å²) in [5.41, 5.74) is 7.01. The van der Waals surface area contributed by atoms with Gasteiger partial charge in [0.2, 0.25) is 0 Å². The Morgan fingerprint density at radius 2 is 2.20 bits per heavy atom. The maximum Gasteiger partial charge on any atom is 0.165 e. The summed E-state index contributed by atoms with van der Waals surface area (Å²) in [7, 11) is 0. The van der Waals surface area contributed by atoms with Gasteiger partial charge in [0, 0.05) is 11.6 Å². The highest BCUT2D eigenvalue weighted by atomic mass is 35.5. The predicted octanol–water partition coefficient (Wildman–Crippen LogP) is 2.85. The van der Waals surface area contributed by atoms with E-state index in [1.807, 2.05) is 12.3 Å². The highest BCUT2D eigenvalue weighted by molar-refractivity contribution is 6.31. The van der Waals surface area contributed by atoms with E-state index < -0.39 is 0 Å². The molecule has 0 amide bonds. The molecule has 2 rings (SSSR count). The molecule has 0 radical (unpaired) electrons. The van der Waals surface area contributed by atoms with Gasteiger partial charge in [0.05, 0.1) is 10.5 Å². The first-order valence-electron chi connectivity index (χ1n) is 4.88. The summed E-state index contributed by atoms with van der Waals surface area (Å²) in [5.74, 6) is -0.381. The molecule has 2 nitrogen and oxygen atoms in total. The summed E-state index contributed by atoms with van der Waals surface area (Å²) in [6.45, 7) is 0.642. The minimum atomic E-state index is -0.381. The van der Waals surface area contributed by atoms with Crippen molar-refractivity contribution >= 4 is 22.5 Å². The van der Waals surface area contributed by atoms with Crippen molar-refractivity contribution in [1.29, 1.82) is 0 Å². The topological polar surface area (TPSA) is 41.8 Å². The highest BCUT2D eigenvalue weighted by Gasteiger charge is 2.09. The lowest BCUT2D eigenvalue weighted by atomic mass is 10.1. The van der Waals surface area contributed by atoms with Gasteiger partial charge in [-0.3, -0.25) is 0 Å². The Bertz CT molecular complexity index is 479. The van der Waals surface area contributed by atoms with Crippen LogP contribution in [0.2, 0.25) is 5.02 Å². The number of fused-ring (bicyclic) bond motifs is 1. The standard InChI is InChI=1S/C11H12ClFN2/c12-9-4-3-8-7(2-1-5-14)6-15-11(8)10(9)13/h3-4,6,15H,1-2,5,14H2. The van der Waals surface area contributed by atoms with E-state index in [1.165, 1.54) is 0 Å². The number of H-pyrrole nitrogens is 1. The van der Waals surface area contributed by atoms with Crippen LogP contribution in [0.3, 0.4) is 0 Å². The van der Waals surface area contributed by atoms with Gasteiger partial charge in [-0.15, -0.1) is 0 Å². The summed E-state index contributed by atoms with van der Waals surface area (Å²) < 4.78 is 13.5. The van der Waals surface area contributed by atoms with E-state index in [0.29, 0.717) is 12.1 Å². The molecule has 0 unspecified atom stereocenters. The van der Waals surface area contributed by atoms with Gasteiger partial charge in [-0.2, -0.15) is 0 Å². The fourth-order valence-corrected chi connectivity index (χ4v) is 1.85. The van der Waals surface area contributed by atoms with Crippen molar-refractivity contribution in [2.75, 3.05) is 6.54 Å². The average Bonchev–Trinajstić information content (AvgIpc) is 2.64. The lowest BCUT2D eigenvalue weighted by Gasteiger charge is -1.99. The lowest BCUT2D eigenvalue weighted by molar-refractivity contribution is 0.638. The monoisotopic (exact) mass is 226 g/mol. The van der Waals surface area contributed by atoms with E-state index in [9.17, 15) is 4.39 Å². The number of halogens is 2. The third-order valence-electron chi connectivity index (χ3n) is 2.48. The molecule has 0 atom stereocenters. The summed E-state index contributed by atoms with van der Waals surface area (Å²) in [6.07, 6.45) is 3.58. The fourth-order valence-electron chi connectivity index (χ4n) is 1.70. The van der Waals surface area contributed by atoms with Gasteiger partial charge in [0.15, 0.2) is 5.82 Å². The van der Waals surface area contributed by atoms with Crippen LogP contribution in [0.25, 0.3) is 10.9 Å². The van der Waals surface area contributed by atoms with Crippen LogP contribution in [0.1, 0.15) is 12.0 Å². The summed E-state index contributed by atoms with van der Waals surface area (Å²) in [5, 5.41) is 1.04. The Morgan fingerprint density at radius 3 is 2.93 bits per heavy atom. The van der Waals surface area contributed by atoms with E-state index in [2.05, 4.69) is 4.98 Å². The number of nitrogens with two attached hydrogens (primary N) is 1. The van der Waals surface area contributed by atoms with Crippen molar-refractivity contribution in [1.82, 2.24) is 4.98 Å². The third-order valence-corrected chi connectivity index (χ3v) is 2.77. The van der Waals surface area contributed by atoms with Crippen LogP contribution in [0.4, 0.5) is 4.39 Å². The predicted molar refractivity (Wildman–Crippen MR) is 60.6 cm³/mol. The molecular formula is C11H12ClFN2. The number of benzene rings is 1. The zero-order chi connectivity index (χ0) is 10.8. The number of hydrogen-bond donors (Lipinski definition) is 2. The van der Waals surface area contributed by atoms with Gasteiger partial charge in [-0.25, -0.2) is 4.39 Å². The Labute approximate surface area is 92.2 Å². The molecule has 1 heterocycles. The number of aryl methyl sites for hydroxylation is 1. The number of aromatic nitrogens is 1. The van der Waals surface area contributed by atoms with Crippen LogP contribution in [-0.2, 0) is 6.42 Å². The largest absolute Gasteiger partial charge is 0.358 e. The van der Waals surface area contributed by atoms with Crippen molar-refractivity contribution in [2.45, 2.75) is 12.8 Å². The van der Waals surface area contributed by atoms with Crippen LogP contribution < -0.4 is 5.73 Å². The molecule has 0 aliphatic carbocycles. The molecule has 4 heteroatoms. The van der Waals surface area contributed by atoms with E-state index in [0.717, 1.165) is 23.8 Å². The normalized spacial score (nSPS) is 11.1. The number of nitrogens with one attached hydrogen (secondary N) is 1. The minimum absolute atomic E-state index is 0.148. The second-order valence-electron chi connectivity index (χ2n) is 3.49. The zero-order valence-corrected chi connectivity index (χ0v) is 8.94. The fraction of sp³-hybridized carbons (Fsp3) is 0.273. The smallest absolute Gasteiger partial charge is 0.165 e. The summed E-state index contributed by atoms with van der Waals surface area (Å²) in [4.78, 5) is 2.91. The number of aromatic amines is 1. The van der Waals surface area contributed by atoms with Crippen molar-refractivity contribution in [3.05, 3.63) is 34.7 Å². The highest BCUT2D eigenvalue weighted by Crippen LogP contribution is 2.26. The van der Waals surface area contributed by atoms with Crippen molar-refractivity contribution in [3.63, 3.8) is 0 Å².